The number of nitrogens with one attached hydrogen (secondary N) is 1. The van der Waals surface area contributed by atoms with Gasteiger partial charge in [0.2, 0.25) is 0 Å². The van der Waals surface area contributed by atoms with Crippen molar-refractivity contribution in [3.63, 3.8) is 0 Å². The number of benzene rings is 1. The van der Waals surface area contributed by atoms with Gasteiger partial charge in [-0.15, -0.1) is 11.3 Å². The van der Waals surface area contributed by atoms with E-state index in [4.69, 9.17) is 0 Å². The lowest BCUT2D eigenvalue weighted by molar-refractivity contribution is 0.475. The second kappa shape index (κ2) is 6.52. The number of thiophene rings is 1. The SMILES string of the molecule is CN(C)c1ccccc1NC(c1cccs1)C1CCCC1. The van der Waals surface area contributed by atoms with Crippen molar-refractivity contribution in [2.75, 3.05) is 24.3 Å². The Bertz CT molecular complexity index is 556. The smallest absolute Gasteiger partial charge is 0.0635 e. The zero-order valence-corrected chi connectivity index (χ0v) is 13.7. The molecule has 1 N–H and O–H groups in total. The van der Waals surface area contributed by atoms with E-state index in [1.165, 1.54) is 41.9 Å². The Balaban J connectivity index is 1.88. The van der Waals surface area contributed by atoms with Crippen LogP contribution in [0.3, 0.4) is 0 Å². The molecular formula is C18H24N2S. The van der Waals surface area contributed by atoms with Crippen LogP contribution in [-0.2, 0) is 0 Å². The fraction of sp³-hybridized carbons (Fsp3) is 0.444. The van der Waals surface area contributed by atoms with Crippen molar-refractivity contribution in [2.24, 2.45) is 5.92 Å². The summed E-state index contributed by atoms with van der Waals surface area (Å²) in [7, 11) is 4.21. The Kier molecular flexibility index (Phi) is 4.49. The standard InChI is InChI=1S/C18H24N2S/c1-20(2)16-11-6-5-10-15(16)19-18(14-8-3-4-9-14)17-12-7-13-21-17/h5-7,10-14,18-19H,3-4,8-9H2,1-2H3. The van der Waals surface area contributed by atoms with Crippen molar-refractivity contribution in [3.05, 3.63) is 46.7 Å². The van der Waals surface area contributed by atoms with E-state index in [0.29, 0.717) is 6.04 Å². The van der Waals surface area contributed by atoms with E-state index in [-0.39, 0.29) is 0 Å². The van der Waals surface area contributed by atoms with Crippen LogP contribution in [0, 0.1) is 5.92 Å². The van der Waals surface area contributed by atoms with Gasteiger partial charge in [-0.05, 0) is 42.3 Å². The third kappa shape index (κ3) is 3.24. The van der Waals surface area contributed by atoms with E-state index >= 15 is 0 Å². The average molecular weight is 300 g/mol. The Labute approximate surface area is 131 Å². The summed E-state index contributed by atoms with van der Waals surface area (Å²) in [5, 5.41) is 6.03. The minimum absolute atomic E-state index is 0.452. The molecule has 0 radical (unpaired) electrons. The molecule has 112 valence electrons. The molecule has 1 saturated carbocycles. The maximum Gasteiger partial charge on any atom is 0.0635 e. The largest absolute Gasteiger partial charge is 0.376 e. The van der Waals surface area contributed by atoms with Gasteiger partial charge in [0, 0.05) is 19.0 Å². The number of para-hydroxylation sites is 2. The van der Waals surface area contributed by atoms with Crippen LogP contribution in [0.5, 0.6) is 0 Å². The lowest BCUT2D eigenvalue weighted by atomic mass is 9.96. The van der Waals surface area contributed by atoms with Gasteiger partial charge >= 0.3 is 0 Å². The number of hydrogen-bond acceptors (Lipinski definition) is 3. The zero-order chi connectivity index (χ0) is 14.7. The van der Waals surface area contributed by atoms with Gasteiger partial charge in [0.05, 0.1) is 17.4 Å². The Morgan fingerprint density at radius 3 is 2.52 bits per heavy atom. The minimum Gasteiger partial charge on any atom is -0.376 e. The van der Waals surface area contributed by atoms with Gasteiger partial charge in [-0.25, -0.2) is 0 Å². The molecule has 3 heteroatoms. The predicted octanol–water partition coefficient (Wildman–Crippen LogP) is 5.16. The molecule has 1 aliphatic rings. The fourth-order valence-corrected chi connectivity index (χ4v) is 4.20. The van der Waals surface area contributed by atoms with E-state index in [0.717, 1.165) is 5.92 Å². The highest BCUT2D eigenvalue weighted by atomic mass is 32.1. The molecule has 1 fully saturated rings. The van der Waals surface area contributed by atoms with Crippen LogP contribution < -0.4 is 10.2 Å². The second-order valence-electron chi connectivity index (χ2n) is 6.09. The van der Waals surface area contributed by atoms with Crippen molar-refractivity contribution in [1.29, 1.82) is 0 Å². The summed E-state index contributed by atoms with van der Waals surface area (Å²) in [6.45, 7) is 0. The van der Waals surface area contributed by atoms with Crippen LogP contribution in [0.1, 0.15) is 36.6 Å². The summed E-state index contributed by atoms with van der Waals surface area (Å²) in [5.41, 5.74) is 2.50. The van der Waals surface area contributed by atoms with Crippen LogP contribution in [0.25, 0.3) is 0 Å². The van der Waals surface area contributed by atoms with Gasteiger partial charge in [-0.1, -0.05) is 31.0 Å². The normalized spacial score (nSPS) is 16.9. The molecule has 3 rings (SSSR count). The highest BCUT2D eigenvalue weighted by Gasteiger charge is 2.27. The predicted molar refractivity (Wildman–Crippen MR) is 93.4 cm³/mol. The van der Waals surface area contributed by atoms with Crippen LogP contribution in [-0.4, -0.2) is 14.1 Å². The number of rotatable bonds is 5. The van der Waals surface area contributed by atoms with Crippen molar-refractivity contribution >= 4 is 22.7 Å². The van der Waals surface area contributed by atoms with Crippen LogP contribution in [0.4, 0.5) is 11.4 Å². The van der Waals surface area contributed by atoms with Gasteiger partial charge < -0.3 is 10.2 Å². The maximum atomic E-state index is 3.84. The quantitative estimate of drug-likeness (QED) is 0.820. The molecule has 21 heavy (non-hydrogen) atoms. The summed E-state index contributed by atoms with van der Waals surface area (Å²) in [6, 6.07) is 13.5. The molecule has 1 atom stereocenters. The molecule has 0 aliphatic heterocycles. The Hall–Kier alpha value is -1.48. The highest BCUT2D eigenvalue weighted by Crippen LogP contribution is 2.40. The molecule has 1 aromatic carbocycles. The van der Waals surface area contributed by atoms with Gasteiger partial charge in [0.1, 0.15) is 0 Å². The van der Waals surface area contributed by atoms with Crippen molar-refractivity contribution in [3.8, 4) is 0 Å². The first kappa shape index (κ1) is 14.5. The van der Waals surface area contributed by atoms with Crippen LogP contribution in [0.2, 0.25) is 0 Å². The highest BCUT2D eigenvalue weighted by molar-refractivity contribution is 7.10. The summed E-state index contributed by atoms with van der Waals surface area (Å²) < 4.78 is 0. The molecule has 2 aromatic rings. The van der Waals surface area contributed by atoms with E-state index in [9.17, 15) is 0 Å². The Morgan fingerprint density at radius 2 is 1.86 bits per heavy atom. The van der Waals surface area contributed by atoms with E-state index in [1.54, 1.807) is 0 Å². The van der Waals surface area contributed by atoms with E-state index < -0.39 is 0 Å². The molecule has 1 unspecified atom stereocenters. The molecule has 0 saturated heterocycles. The first-order valence-corrected chi connectivity index (χ1v) is 8.70. The molecule has 0 amide bonds. The van der Waals surface area contributed by atoms with Crippen molar-refractivity contribution in [2.45, 2.75) is 31.7 Å². The molecule has 2 nitrogen and oxygen atoms in total. The lowest BCUT2D eigenvalue weighted by Gasteiger charge is -2.27. The molecule has 1 aliphatic carbocycles. The second-order valence-corrected chi connectivity index (χ2v) is 7.07. The minimum atomic E-state index is 0.452. The number of hydrogen-bond donors (Lipinski definition) is 1. The van der Waals surface area contributed by atoms with Gasteiger partial charge in [0.15, 0.2) is 0 Å². The van der Waals surface area contributed by atoms with Crippen LogP contribution in [0.15, 0.2) is 41.8 Å². The topological polar surface area (TPSA) is 15.3 Å². The monoisotopic (exact) mass is 300 g/mol. The molecule has 0 bridgehead atoms. The van der Waals surface area contributed by atoms with Crippen molar-refractivity contribution < 1.29 is 0 Å². The zero-order valence-electron chi connectivity index (χ0n) is 12.9. The van der Waals surface area contributed by atoms with Crippen molar-refractivity contribution in [1.82, 2.24) is 0 Å². The van der Waals surface area contributed by atoms with Crippen LogP contribution >= 0.6 is 11.3 Å². The maximum absolute atomic E-state index is 3.84. The lowest BCUT2D eigenvalue weighted by Crippen LogP contribution is -2.20. The molecule has 0 spiro atoms. The first-order valence-electron chi connectivity index (χ1n) is 7.82. The summed E-state index contributed by atoms with van der Waals surface area (Å²) in [4.78, 5) is 3.65. The summed E-state index contributed by atoms with van der Waals surface area (Å²) >= 11 is 1.88. The fourth-order valence-electron chi connectivity index (χ4n) is 3.33. The molecule has 1 heterocycles. The number of nitrogens with zero attached hydrogens (tertiary/aromatic N) is 1. The molecule has 1 aromatic heterocycles. The van der Waals surface area contributed by atoms with Gasteiger partial charge in [-0.2, -0.15) is 0 Å². The van der Waals surface area contributed by atoms with E-state index in [2.05, 4.69) is 66.1 Å². The van der Waals surface area contributed by atoms with E-state index in [1.807, 2.05) is 11.3 Å². The Morgan fingerprint density at radius 1 is 1.10 bits per heavy atom. The molecular weight excluding hydrogens is 276 g/mol. The number of anilines is 2. The first-order chi connectivity index (χ1) is 10.3. The summed E-state index contributed by atoms with van der Waals surface area (Å²) in [6.07, 6.45) is 5.45. The summed E-state index contributed by atoms with van der Waals surface area (Å²) in [5.74, 6) is 0.763. The van der Waals surface area contributed by atoms with Gasteiger partial charge in [0.25, 0.3) is 0 Å². The van der Waals surface area contributed by atoms with Gasteiger partial charge in [-0.3, -0.25) is 0 Å². The third-order valence-electron chi connectivity index (χ3n) is 4.42. The third-order valence-corrected chi connectivity index (χ3v) is 5.37. The average Bonchev–Trinajstić information content (AvgIpc) is 3.18.